The van der Waals surface area contributed by atoms with Crippen LogP contribution in [0.1, 0.15) is 23.7 Å². The molecule has 2 unspecified atom stereocenters. The van der Waals surface area contributed by atoms with Gasteiger partial charge in [-0.25, -0.2) is 0 Å². The number of fused-ring (bicyclic) bond motifs is 1. The molecular formula is C15H20N2O3. The van der Waals surface area contributed by atoms with Crippen LogP contribution in [0.15, 0.2) is 18.2 Å². The summed E-state index contributed by atoms with van der Waals surface area (Å²) in [6.07, 6.45) is 1.01. The lowest BCUT2D eigenvalue weighted by Gasteiger charge is -2.26. The highest BCUT2D eigenvalue weighted by atomic mass is 16.6. The van der Waals surface area contributed by atoms with Gasteiger partial charge >= 0.3 is 0 Å². The SMILES string of the molecule is CC1CCN(C(=O)c2ccc3c(c2)OCCO3)C1CN. The molecule has 5 nitrogen and oxygen atoms in total. The van der Waals surface area contributed by atoms with Gasteiger partial charge in [0.2, 0.25) is 0 Å². The number of hydrogen-bond acceptors (Lipinski definition) is 4. The topological polar surface area (TPSA) is 64.8 Å². The van der Waals surface area contributed by atoms with E-state index in [9.17, 15) is 4.79 Å². The monoisotopic (exact) mass is 276 g/mol. The fourth-order valence-corrected chi connectivity index (χ4v) is 2.96. The quantitative estimate of drug-likeness (QED) is 0.883. The van der Waals surface area contributed by atoms with Crippen molar-refractivity contribution >= 4 is 5.91 Å². The summed E-state index contributed by atoms with van der Waals surface area (Å²) < 4.78 is 11.0. The van der Waals surface area contributed by atoms with Gasteiger partial charge in [0.05, 0.1) is 0 Å². The first kappa shape index (κ1) is 13.2. The summed E-state index contributed by atoms with van der Waals surface area (Å²) in [6.45, 7) is 4.51. The molecule has 0 spiro atoms. The van der Waals surface area contributed by atoms with Crippen LogP contribution in [0.2, 0.25) is 0 Å². The lowest BCUT2D eigenvalue weighted by Crippen LogP contribution is -2.42. The van der Waals surface area contributed by atoms with E-state index in [4.69, 9.17) is 15.2 Å². The van der Waals surface area contributed by atoms with Gasteiger partial charge in [0.25, 0.3) is 5.91 Å². The molecule has 1 fully saturated rings. The fraction of sp³-hybridized carbons (Fsp3) is 0.533. The molecule has 0 radical (unpaired) electrons. The largest absolute Gasteiger partial charge is 0.486 e. The minimum Gasteiger partial charge on any atom is -0.486 e. The fourth-order valence-electron chi connectivity index (χ4n) is 2.96. The van der Waals surface area contributed by atoms with Crippen molar-refractivity contribution in [3.63, 3.8) is 0 Å². The van der Waals surface area contributed by atoms with Crippen molar-refractivity contribution in [1.82, 2.24) is 4.90 Å². The Balaban J connectivity index is 1.83. The predicted octanol–water partition coefficient (Wildman–Crippen LogP) is 1.27. The number of ether oxygens (including phenoxy) is 2. The Morgan fingerprint density at radius 2 is 2.10 bits per heavy atom. The molecule has 20 heavy (non-hydrogen) atoms. The molecule has 1 aromatic carbocycles. The predicted molar refractivity (Wildman–Crippen MR) is 75.1 cm³/mol. The van der Waals surface area contributed by atoms with Gasteiger partial charge in [-0.1, -0.05) is 6.92 Å². The number of amides is 1. The molecule has 108 valence electrons. The Kier molecular flexibility index (Phi) is 3.53. The highest BCUT2D eigenvalue weighted by molar-refractivity contribution is 5.95. The summed E-state index contributed by atoms with van der Waals surface area (Å²) in [4.78, 5) is 14.5. The van der Waals surface area contributed by atoms with Crippen LogP contribution in [0.4, 0.5) is 0 Å². The van der Waals surface area contributed by atoms with Gasteiger partial charge in [0, 0.05) is 24.7 Å². The number of carbonyl (C=O) groups is 1. The summed E-state index contributed by atoms with van der Waals surface area (Å²) in [5.41, 5.74) is 6.44. The van der Waals surface area contributed by atoms with Crippen LogP contribution in [0, 0.1) is 5.92 Å². The van der Waals surface area contributed by atoms with Crippen molar-refractivity contribution in [2.45, 2.75) is 19.4 Å². The van der Waals surface area contributed by atoms with Crippen LogP contribution in [0.5, 0.6) is 11.5 Å². The standard InChI is InChI=1S/C15H20N2O3/c1-10-4-5-17(12(10)9-16)15(18)11-2-3-13-14(8-11)20-7-6-19-13/h2-3,8,10,12H,4-7,9,16H2,1H3. The minimum atomic E-state index is 0.0294. The smallest absolute Gasteiger partial charge is 0.254 e. The summed E-state index contributed by atoms with van der Waals surface area (Å²) >= 11 is 0. The lowest BCUT2D eigenvalue weighted by molar-refractivity contribution is 0.0726. The number of hydrogen-bond donors (Lipinski definition) is 1. The van der Waals surface area contributed by atoms with Gasteiger partial charge in [0.1, 0.15) is 13.2 Å². The molecule has 3 rings (SSSR count). The summed E-state index contributed by atoms with van der Waals surface area (Å²) in [6, 6.07) is 5.51. The van der Waals surface area contributed by atoms with Gasteiger partial charge in [-0.3, -0.25) is 4.79 Å². The Morgan fingerprint density at radius 1 is 1.35 bits per heavy atom. The molecular weight excluding hydrogens is 256 g/mol. The molecule has 2 aliphatic heterocycles. The number of likely N-dealkylation sites (tertiary alicyclic amines) is 1. The third-order valence-corrected chi connectivity index (χ3v) is 4.17. The van der Waals surface area contributed by atoms with Crippen LogP contribution in [0.3, 0.4) is 0 Å². The zero-order valence-corrected chi connectivity index (χ0v) is 11.7. The third kappa shape index (κ3) is 2.22. The minimum absolute atomic E-state index is 0.0294. The molecule has 1 amide bonds. The van der Waals surface area contributed by atoms with Crippen LogP contribution in [-0.2, 0) is 0 Å². The van der Waals surface area contributed by atoms with E-state index in [2.05, 4.69) is 6.92 Å². The first-order valence-corrected chi connectivity index (χ1v) is 7.11. The van der Waals surface area contributed by atoms with E-state index in [-0.39, 0.29) is 11.9 Å². The normalized spacial score (nSPS) is 24.8. The van der Waals surface area contributed by atoms with Gasteiger partial charge in [-0.2, -0.15) is 0 Å². The number of nitrogens with two attached hydrogens (primary N) is 1. The highest BCUT2D eigenvalue weighted by Crippen LogP contribution is 2.32. The van der Waals surface area contributed by atoms with E-state index in [0.717, 1.165) is 13.0 Å². The Morgan fingerprint density at radius 3 is 2.85 bits per heavy atom. The number of rotatable bonds is 2. The van der Waals surface area contributed by atoms with Crippen LogP contribution in [0.25, 0.3) is 0 Å². The molecule has 2 heterocycles. The highest BCUT2D eigenvalue weighted by Gasteiger charge is 2.34. The van der Waals surface area contributed by atoms with E-state index >= 15 is 0 Å². The van der Waals surface area contributed by atoms with Crippen molar-refractivity contribution in [2.24, 2.45) is 11.7 Å². The van der Waals surface area contributed by atoms with Crippen molar-refractivity contribution in [3.05, 3.63) is 23.8 Å². The van der Waals surface area contributed by atoms with E-state index in [1.54, 1.807) is 18.2 Å². The first-order valence-electron chi connectivity index (χ1n) is 7.11. The molecule has 0 aliphatic carbocycles. The van der Waals surface area contributed by atoms with Gasteiger partial charge in [0.15, 0.2) is 11.5 Å². The Labute approximate surface area is 118 Å². The van der Waals surface area contributed by atoms with E-state index in [1.165, 1.54) is 0 Å². The average Bonchev–Trinajstić information content (AvgIpc) is 2.86. The maximum atomic E-state index is 12.6. The molecule has 1 saturated heterocycles. The second-order valence-electron chi connectivity index (χ2n) is 5.43. The Hall–Kier alpha value is -1.75. The van der Waals surface area contributed by atoms with Gasteiger partial charge < -0.3 is 20.1 Å². The molecule has 1 aromatic rings. The second-order valence-corrected chi connectivity index (χ2v) is 5.43. The zero-order chi connectivity index (χ0) is 14.1. The number of benzene rings is 1. The molecule has 0 saturated carbocycles. The van der Waals surface area contributed by atoms with Crippen LogP contribution in [-0.4, -0.2) is 43.2 Å². The number of nitrogens with zero attached hydrogens (tertiary/aromatic N) is 1. The van der Waals surface area contributed by atoms with E-state index < -0.39 is 0 Å². The number of carbonyl (C=O) groups excluding carboxylic acids is 1. The Bertz CT molecular complexity index is 518. The maximum absolute atomic E-state index is 12.6. The lowest BCUT2D eigenvalue weighted by atomic mass is 10.0. The van der Waals surface area contributed by atoms with Crippen LogP contribution < -0.4 is 15.2 Å². The van der Waals surface area contributed by atoms with Crippen molar-refractivity contribution < 1.29 is 14.3 Å². The third-order valence-electron chi connectivity index (χ3n) is 4.17. The summed E-state index contributed by atoms with van der Waals surface area (Å²) in [7, 11) is 0. The van der Waals surface area contributed by atoms with Crippen LogP contribution >= 0.6 is 0 Å². The molecule has 2 aliphatic rings. The molecule has 5 heteroatoms. The van der Waals surface area contributed by atoms with Gasteiger partial charge in [-0.15, -0.1) is 0 Å². The molecule has 0 bridgehead atoms. The van der Waals surface area contributed by atoms with Crippen molar-refractivity contribution in [1.29, 1.82) is 0 Å². The van der Waals surface area contributed by atoms with E-state index in [1.807, 2.05) is 4.90 Å². The maximum Gasteiger partial charge on any atom is 0.254 e. The summed E-state index contributed by atoms with van der Waals surface area (Å²) in [5.74, 6) is 1.85. The second kappa shape index (κ2) is 5.32. The molecule has 0 aromatic heterocycles. The average molecular weight is 276 g/mol. The van der Waals surface area contributed by atoms with Gasteiger partial charge in [-0.05, 0) is 30.5 Å². The molecule has 2 N–H and O–H groups in total. The van der Waals surface area contributed by atoms with E-state index in [0.29, 0.717) is 42.7 Å². The van der Waals surface area contributed by atoms with Crippen molar-refractivity contribution in [3.8, 4) is 11.5 Å². The zero-order valence-electron chi connectivity index (χ0n) is 11.7. The first-order chi connectivity index (χ1) is 9.70. The van der Waals surface area contributed by atoms with Crippen molar-refractivity contribution in [2.75, 3.05) is 26.3 Å². The molecule has 2 atom stereocenters. The summed E-state index contributed by atoms with van der Waals surface area (Å²) in [5, 5.41) is 0.